The first-order valence-corrected chi connectivity index (χ1v) is 5.67. The monoisotopic (exact) mass is 190 g/mol. The summed E-state index contributed by atoms with van der Waals surface area (Å²) in [5, 5.41) is 3.38. The Morgan fingerprint density at radius 2 is 2.08 bits per heavy atom. The third-order valence-corrected chi connectivity index (χ3v) is 2.36. The van der Waals surface area contributed by atoms with E-state index in [9.17, 15) is 0 Å². The van der Waals surface area contributed by atoms with Gasteiger partial charge in [0.1, 0.15) is 0 Å². The van der Waals surface area contributed by atoms with Crippen molar-refractivity contribution in [2.24, 2.45) is 0 Å². The van der Waals surface area contributed by atoms with Crippen molar-refractivity contribution >= 4 is 12.6 Å². The Morgan fingerprint density at radius 3 is 2.50 bits per heavy atom. The molecular weight excluding hydrogens is 168 g/mol. The largest absolute Gasteiger partial charge is 0.304 e. The van der Waals surface area contributed by atoms with Gasteiger partial charge in [-0.2, -0.15) is 12.6 Å². The summed E-state index contributed by atoms with van der Waals surface area (Å²) >= 11 is 3.53. The van der Waals surface area contributed by atoms with E-state index in [0.717, 1.165) is 12.7 Å². The lowest BCUT2D eigenvalue weighted by Crippen LogP contribution is -2.47. The average Bonchev–Trinajstić information content (AvgIpc) is 2.20. The quantitative estimate of drug-likeness (QED) is 0.643. The molecule has 0 spiro atoms. The van der Waals surface area contributed by atoms with Crippen LogP contribution in [0.5, 0.6) is 0 Å². The third kappa shape index (κ3) is 3.78. The van der Waals surface area contributed by atoms with Crippen molar-refractivity contribution in [2.45, 2.75) is 32.7 Å². The van der Waals surface area contributed by atoms with Crippen molar-refractivity contribution in [3.63, 3.8) is 0 Å². The van der Waals surface area contributed by atoms with E-state index < -0.39 is 0 Å². The lowest BCUT2D eigenvalue weighted by atomic mass is 10.1. The number of nitrogens with one attached hydrogen (secondary N) is 1. The minimum atomic E-state index is 0.839. The summed E-state index contributed by atoms with van der Waals surface area (Å²) in [6, 6.07) is 0.839. The molecule has 0 saturated carbocycles. The van der Waals surface area contributed by atoms with Crippen molar-refractivity contribution in [3.05, 3.63) is 0 Å². The molecule has 3 heteroatoms. The summed E-state index contributed by atoms with van der Waals surface area (Å²) in [5.41, 5.74) is 0. The highest BCUT2D eigenvalue weighted by molar-refractivity contribution is 7.79. The van der Waals surface area contributed by atoms with Gasteiger partial charge >= 0.3 is 0 Å². The zero-order chi connectivity index (χ0) is 9.40. The van der Waals surface area contributed by atoms with Crippen molar-refractivity contribution in [3.8, 4) is 0 Å². The number of hydrogen-bond acceptors (Lipinski definition) is 3. The van der Waals surface area contributed by atoms with E-state index in [-0.39, 0.29) is 0 Å². The second-order valence-electron chi connectivity index (χ2n) is 2.91. The molecule has 0 aliphatic carbocycles. The molecule has 0 aromatic rings. The molecule has 0 bridgehead atoms. The van der Waals surface area contributed by atoms with Crippen LogP contribution in [0.1, 0.15) is 26.7 Å². The SMILES string of the molecule is CCC1CCNCN1CC.CS. The average molecular weight is 190 g/mol. The van der Waals surface area contributed by atoms with Gasteiger partial charge in [0.25, 0.3) is 0 Å². The molecule has 1 N–H and O–H groups in total. The molecule has 1 saturated heterocycles. The van der Waals surface area contributed by atoms with Gasteiger partial charge in [-0.15, -0.1) is 0 Å². The van der Waals surface area contributed by atoms with Crippen LogP contribution in [0.3, 0.4) is 0 Å². The van der Waals surface area contributed by atoms with E-state index in [2.05, 4.69) is 36.7 Å². The summed E-state index contributed by atoms with van der Waals surface area (Å²) in [4.78, 5) is 2.50. The molecule has 0 aromatic carbocycles. The molecule has 0 aromatic heterocycles. The van der Waals surface area contributed by atoms with E-state index in [0.29, 0.717) is 0 Å². The lowest BCUT2D eigenvalue weighted by molar-refractivity contribution is 0.143. The normalized spacial score (nSPS) is 24.5. The molecule has 1 aliphatic rings. The van der Waals surface area contributed by atoms with Crippen LogP contribution in [-0.4, -0.2) is 37.0 Å². The van der Waals surface area contributed by atoms with Gasteiger partial charge < -0.3 is 5.32 Å². The number of nitrogens with zero attached hydrogens (tertiary/aromatic N) is 1. The Kier molecular flexibility index (Phi) is 8.07. The maximum Gasteiger partial charge on any atom is 0.0483 e. The van der Waals surface area contributed by atoms with Gasteiger partial charge in [0.05, 0.1) is 0 Å². The topological polar surface area (TPSA) is 15.3 Å². The molecular formula is C9H22N2S. The van der Waals surface area contributed by atoms with Crippen molar-refractivity contribution < 1.29 is 0 Å². The Hall–Kier alpha value is 0.270. The van der Waals surface area contributed by atoms with Crippen LogP contribution in [0.25, 0.3) is 0 Å². The van der Waals surface area contributed by atoms with Crippen LogP contribution in [0.2, 0.25) is 0 Å². The minimum Gasteiger partial charge on any atom is -0.304 e. The second-order valence-corrected chi connectivity index (χ2v) is 2.91. The summed E-state index contributed by atoms with van der Waals surface area (Å²) in [6.07, 6.45) is 4.32. The number of hydrogen-bond donors (Lipinski definition) is 2. The van der Waals surface area contributed by atoms with E-state index in [1.807, 2.05) is 0 Å². The van der Waals surface area contributed by atoms with Crippen LogP contribution in [0, 0.1) is 0 Å². The van der Waals surface area contributed by atoms with Crippen molar-refractivity contribution in [1.82, 2.24) is 10.2 Å². The van der Waals surface area contributed by atoms with Gasteiger partial charge in [-0.05, 0) is 32.2 Å². The first kappa shape index (κ1) is 12.3. The first-order valence-electron chi connectivity index (χ1n) is 4.78. The number of thiol groups is 1. The maximum absolute atomic E-state index is 3.53. The molecule has 0 radical (unpaired) electrons. The highest BCUT2D eigenvalue weighted by atomic mass is 32.1. The molecule has 12 heavy (non-hydrogen) atoms. The smallest absolute Gasteiger partial charge is 0.0483 e. The van der Waals surface area contributed by atoms with E-state index in [1.54, 1.807) is 6.26 Å². The van der Waals surface area contributed by atoms with E-state index in [1.165, 1.54) is 25.9 Å². The van der Waals surface area contributed by atoms with Gasteiger partial charge in [-0.3, -0.25) is 4.90 Å². The molecule has 1 aliphatic heterocycles. The van der Waals surface area contributed by atoms with Gasteiger partial charge in [-0.1, -0.05) is 13.8 Å². The summed E-state index contributed by atoms with van der Waals surface area (Å²) in [6.45, 7) is 7.99. The minimum absolute atomic E-state index is 0.839. The van der Waals surface area contributed by atoms with Gasteiger partial charge in [0.2, 0.25) is 0 Å². The van der Waals surface area contributed by atoms with Crippen molar-refractivity contribution in [1.29, 1.82) is 0 Å². The molecule has 1 heterocycles. The third-order valence-electron chi connectivity index (χ3n) is 2.36. The fourth-order valence-electron chi connectivity index (χ4n) is 1.64. The van der Waals surface area contributed by atoms with Gasteiger partial charge in [-0.25, -0.2) is 0 Å². The Morgan fingerprint density at radius 1 is 1.42 bits per heavy atom. The lowest BCUT2D eigenvalue weighted by Gasteiger charge is -2.34. The predicted octanol–water partition coefficient (Wildman–Crippen LogP) is 1.58. The molecule has 1 fully saturated rings. The van der Waals surface area contributed by atoms with Crippen LogP contribution in [0.15, 0.2) is 0 Å². The fraction of sp³-hybridized carbons (Fsp3) is 1.00. The first-order chi connectivity index (χ1) is 5.88. The Bertz CT molecular complexity index is 86.5. The van der Waals surface area contributed by atoms with Gasteiger partial charge in [0, 0.05) is 12.7 Å². The van der Waals surface area contributed by atoms with Crippen LogP contribution >= 0.6 is 12.6 Å². The van der Waals surface area contributed by atoms with Crippen LogP contribution in [-0.2, 0) is 0 Å². The maximum atomic E-state index is 3.53. The zero-order valence-corrected chi connectivity index (χ0v) is 9.40. The Balaban J connectivity index is 0.000000561. The molecule has 1 unspecified atom stereocenters. The van der Waals surface area contributed by atoms with Crippen LogP contribution < -0.4 is 5.32 Å². The molecule has 2 nitrogen and oxygen atoms in total. The Labute approximate surface area is 82.1 Å². The second kappa shape index (κ2) is 7.90. The van der Waals surface area contributed by atoms with E-state index >= 15 is 0 Å². The summed E-state index contributed by atoms with van der Waals surface area (Å²) < 4.78 is 0. The number of rotatable bonds is 2. The van der Waals surface area contributed by atoms with Crippen molar-refractivity contribution in [2.75, 3.05) is 26.0 Å². The highest BCUT2D eigenvalue weighted by Gasteiger charge is 2.17. The molecule has 0 amide bonds. The molecule has 74 valence electrons. The molecule has 1 rings (SSSR count). The summed E-state index contributed by atoms with van der Waals surface area (Å²) in [5.74, 6) is 0. The molecule has 1 atom stereocenters. The fourth-order valence-corrected chi connectivity index (χ4v) is 1.64. The van der Waals surface area contributed by atoms with Gasteiger partial charge in [0.15, 0.2) is 0 Å². The van der Waals surface area contributed by atoms with Crippen LogP contribution in [0.4, 0.5) is 0 Å². The highest BCUT2D eigenvalue weighted by Crippen LogP contribution is 2.09. The summed E-state index contributed by atoms with van der Waals surface area (Å²) in [7, 11) is 0. The zero-order valence-electron chi connectivity index (χ0n) is 8.51. The van der Waals surface area contributed by atoms with E-state index in [4.69, 9.17) is 0 Å². The standard InChI is InChI=1S/C8H18N2.CH4S/c1-3-8-5-6-9-7-10(8)4-2;1-2/h8-9H,3-7H2,1-2H3;2H,1H3. The predicted molar refractivity (Wildman–Crippen MR) is 58.9 cm³/mol.